The molecule has 6 nitrogen and oxygen atoms in total. The molecule has 2 aromatic rings. The smallest absolute Gasteiger partial charge is 0.317 e. The van der Waals surface area contributed by atoms with Crippen LogP contribution < -0.4 is 5.32 Å². The van der Waals surface area contributed by atoms with Gasteiger partial charge in [0.05, 0.1) is 22.5 Å². The summed E-state index contributed by atoms with van der Waals surface area (Å²) in [6, 6.07) is 9.41. The number of hydrogen-bond donors (Lipinski definition) is 2. The van der Waals surface area contributed by atoms with Crippen molar-refractivity contribution >= 4 is 23.3 Å². The number of carbonyl (C=O) groups excluding carboxylic acids is 1. The minimum absolute atomic E-state index is 0.158. The Hall–Kier alpha value is -2.41. The number of amides is 2. The van der Waals surface area contributed by atoms with Gasteiger partial charge < -0.3 is 15.3 Å². The van der Waals surface area contributed by atoms with Gasteiger partial charge in [-0.05, 0) is 13.8 Å². The van der Waals surface area contributed by atoms with Gasteiger partial charge in [-0.25, -0.2) is 9.78 Å². The third-order valence-electron chi connectivity index (χ3n) is 3.90. The van der Waals surface area contributed by atoms with Crippen molar-refractivity contribution in [3.63, 3.8) is 0 Å². The highest BCUT2D eigenvalue weighted by atomic mass is 32.1. The number of benzene rings is 1. The Morgan fingerprint density at radius 2 is 1.92 bits per heavy atom. The van der Waals surface area contributed by atoms with Crippen LogP contribution in [0.4, 0.5) is 4.79 Å². The normalized spacial score (nSPS) is 13.1. The zero-order chi connectivity index (χ0) is 18.6. The van der Waals surface area contributed by atoms with E-state index in [9.17, 15) is 9.59 Å². The number of carboxylic acid groups (broad SMARTS) is 1. The number of carbonyl (C=O) groups is 2. The molecule has 0 bridgehead atoms. The highest BCUT2D eigenvalue weighted by Crippen LogP contribution is 2.31. The van der Waals surface area contributed by atoms with Crippen molar-refractivity contribution < 1.29 is 14.7 Å². The number of nitrogens with zero attached hydrogens (tertiary/aromatic N) is 2. The Morgan fingerprint density at radius 1 is 1.28 bits per heavy atom. The molecule has 2 atom stereocenters. The summed E-state index contributed by atoms with van der Waals surface area (Å²) >= 11 is 1.55. The van der Waals surface area contributed by atoms with Crippen molar-refractivity contribution in [2.45, 2.75) is 26.8 Å². The minimum atomic E-state index is -0.918. The quantitative estimate of drug-likeness (QED) is 0.824. The van der Waals surface area contributed by atoms with Crippen LogP contribution in [0.5, 0.6) is 0 Å². The fourth-order valence-electron chi connectivity index (χ4n) is 2.45. The van der Waals surface area contributed by atoms with Crippen LogP contribution in [0.15, 0.2) is 30.3 Å². The summed E-state index contributed by atoms with van der Waals surface area (Å²) in [6.07, 6.45) is 0. The lowest BCUT2D eigenvalue weighted by Crippen LogP contribution is -2.41. The molecule has 0 saturated heterocycles. The van der Waals surface area contributed by atoms with E-state index in [1.165, 1.54) is 4.90 Å². The van der Waals surface area contributed by atoms with Gasteiger partial charge in [0.2, 0.25) is 0 Å². The van der Waals surface area contributed by atoms with Crippen molar-refractivity contribution in [2.75, 3.05) is 13.6 Å². The van der Waals surface area contributed by atoms with Gasteiger partial charge in [-0.3, -0.25) is 4.79 Å². The zero-order valence-electron chi connectivity index (χ0n) is 14.8. The van der Waals surface area contributed by atoms with E-state index in [2.05, 4.69) is 10.3 Å². The molecule has 2 unspecified atom stereocenters. The molecule has 1 heterocycles. The predicted molar refractivity (Wildman–Crippen MR) is 98.7 cm³/mol. The Morgan fingerprint density at radius 3 is 2.52 bits per heavy atom. The SMILES string of the molecule is Cc1nc(-c2ccccc2)sc1C(C)NC(=O)N(C)CC(C)C(=O)O. The number of aliphatic carboxylic acids is 1. The number of rotatable bonds is 6. The van der Waals surface area contributed by atoms with E-state index in [0.717, 1.165) is 21.1 Å². The monoisotopic (exact) mass is 361 g/mol. The number of carboxylic acids is 1. The number of hydrogen-bond acceptors (Lipinski definition) is 4. The number of aryl methyl sites for hydroxylation is 1. The van der Waals surface area contributed by atoms with Crippen LogP contribution >= 0.6 is 11.3 Å². The van der Waals surface area contributed by atoms with E-state index in [1.807, 2.05) is 44.2 Å². The standard InChI is InChI=1S/C18H23N3O3S/c1-11(17(22)23)10-21(4)18(24)20-13(3)15-12(2)19-16(25-15)14-8-6-5-7-9-14/h5-9,11,13H,10H2,1-4H3,(H,20,24)(H,22,23). The highest BCUT2D eigenvalue weighted by Gasteiger charge is 2.21. The number of nitrogens with one attached hydrogen (secondary N) is 1. The van der Waals surface area contributed by atoms with E-state index in [4.69, 9.17) is 5.11 Å². The van der Waals surface area contributed by atoms with E-state index in [-0.39, 0.29) is 18.6 Å². The first-order valence-electron chi connectivity index (χ1n) is 8.06. The molecule has 0 saturated carbocycles. The molecular weight excluding hydrogens is 338 g/mol. The van der Waals surface area contributed by atoms with Crippen LogP contribution in [0.2, 0.25) is 0 Å². The van der Waals surface area contributed by atoms with Gasteiger partial charge in [-0.15, -0.1) is 11.3 Å². The van der Waals surface area contributed by atoms with Crippen LogP contribution in [-0.4, -0.2) is 40.6 Å². The second-order valence-electron chi connectivity index (χ2n) is 6.13. The summed E-state index contributed by atoms with van der Waals surface area (Å²) in [5.41, 5.74) is 1.94. The van der Waals surface area contributed by atoms with Gasteiger partial charge in [0.25, 0.3) is 0 Å². The van der Waals surface area contributed by atoms with Crippen LogP contribution in [0, 0.1) is 12.8 Å². The molecule has 2 N–H and O–H groups in total. The Balaban J connectivity index is 2.06. The summed E-state index contributed by atoms with van der Waals surface area (Å²) in [4.78, 5) is 30.2. The first-order chi connectivity index (χ1) is 11.8. The maximum Gasteiger partial charge on any atom is 0.317 e. The second kappa shape index (κ2) is 8.11. The van der Waals surface area contributed by atoms with Crippen molar-refractivity contribution in [3.05, 3.63) is 40.9 Å². The van der Waals surface area contributed by atoms with E-state index >= 15 is 0 Å². The van der Waals surface area contributed by atoms with Crippen molar-refractivity contribution in [1.82, 2.24) is 15.2 Å². The molecule has 0 aliphatic rings. The second-order valence-corrected chi connectivity index (χ2v) is 7.16. The number of thiazole rings is 1. The largest absolute Gasteiger partial charge is 0.481 e. The van der Waals surface area contributed by atoms with Gasteiger partial charge in [0, 0.05) is 19.2 Å². The van der Waals surface area contributed by atoms with Gasteiger partial charge in [-0.1, -0.05) is 37.3 Å². The number of aromatic nitrogens is 1. The molecule has 0 aliphatic heterocycles. The third-order valence-corrected chi connectivity index (χ3v) is 5.29. The lowest BCUT2D eigenvalue weighted by atomic mass is 10.2. The van der Waals surface area contributed by atoms with Crippen LogP contribution in [0.25, 0.3) is 10.6 Å². The van der Waals surface area contributed by atoms with Crippen molar-refractivity contribution in [2.24, 2.45) is 5.92 Å². The molecule has 7 heteroatoms. The lowest BCUT2D eigenvalue weighted by Gasteiger charge is -2.22. The van der Waals surface area contributed by atoms with Gasteiger partial charge >= 0.3 is 12.0 Å². The van der Waals surface area contributed by atoms with Crippen molar-refractivity contribution in [3.8, 4) is 10.6 Å². The Bertz CT molecular complexity index is 745. The van der Waals surface area contributed by atoms with Crippen LogP contribution in [0.3, 0.4) is 0 Å². The first kappa shape index (κ1) is 18.9. The fourth-order valence-corrected chi connectivity index (χ4v) is 3.52. The average Bonchev–Trinajstić information content (AvgIpc) is 2.97. The van der Waals surface area contributed by atoms with Gasteiger partial charge in [0.1, 0.15) is 5.01 Å². The summed E-state index contributed by atoms with van der Waals surface area (Å²) in [7, 11) is 1.59. The molecule has 1 aromatic heterocycles. The Kier molecular flexibility index (Phi) is 6.14. The molecule has 0 aliphatic carbocycles. The molecule has 25 heavy (non-hydrogen) atoms. The molecule has 134 valence electrons. The molecule has 1 aromatic carbocycles. The maximum atomic E-state index is 12.3. The molecule has 0 radical (unpaired) electrons. The van der Waals surface area contributed by atoms with Crippen LogP contribution in [-0.2, 0) is 4.79 Å². The van der Waals surface area contributed by atoms with E-state index in [1.54, 1.807) is 25.3 Å². The fraction of sp³-hybridized carbons (Fsp3) is 0.389. The molecule has 0 fully saturated rings. The molecular formula is C18H23N3O3S. The molecule has 0 spiro atoms. The van der Waals surface area contributed by atoms with Crippen LogP contribution in [0.1, 0.15) is 30.5 Å². The summed E-state index contributed by atoms with van der Waals surface area (Å²) in [6.45, 7) is 5.57. The summed E-state index contributed by atoms with van der Waals surface area (Å²) in [5.74, 6) is -1.53. The van der Waals surface area contributed by atoms with Gasteiger partial charge in [0.15, 0.2) is 0 Å². The number of urea groups is 1. The first-order valence-corrected chi connectivity index (χ1v) is 8.88. The predicted octanol–water partition coefficient (Wildman–Crippen LogP) is 3.54. The van der Waals surface area contributed by atoms with E-state index in [0.29, 0.717) is 0 Å². The summed E-state index contributed by atoms with van der Waals surface area (Å²) < 4.78 is 0. The Labute approximate surface area is 151 Å². The summed E-state index contributed by atoms with van der Waals surface area (Å²) in [5, 5.41) is 12.8. The maximum absolute atomic E-state index is 12.3. The topological polar surface area (TPSA) is 82.5 Å². The highest BCUT2D eigenvalue weighted by molar-refractivity contribution is 7.15. The average molecular weight is 361 g/mol. The van der Waals surface area contributed by atoms with Crippen molar-refractivity contribution in [1.29, 1.82) is 0 Å². The molecule has 2 amide bonds. The third kappa shape index (κ3) is 4.79. The minimum Gasteiger partial charge on any atom is -0.481 e. The lowest BCUT2D eigenvalue weighted by molar-refractivity contribution is -0.141. The zero-order valence-corrected chi connectivity index (χ0v) is 15.6. The van der Waals surface area contributed by atoms with E-state index < -0.39 is 11.9 Å². The van der Waals surface area contributed by atoms with Gasteiger partial charge in [-0.2, -0.15) is 0 Å². The molecule has 2 rings (SSSR count).